The first-order chi connectivity index (χ1) is 7.34. The van der Waals surface area contributed by atoms with Gasteiger partial charge in [-0.15, -0.1) is 0 Å². The molecule has 0 bridgehead atoms. The van der Waals surface area contributed by atoms with Gasteiger partial charge in [-0.1, -0.05) is 24.3 Å². The van der Waals surface area contributed by atoms with Crippen molar-refractivity contribution in [2.45, 2.75) is 12.5 Å². The first-order valence-corrected chi connectivity index (χ1v) is 5.18. The molecule has 2 aliphatic rings. The predicted molar refractivity (Wildman–Crippen MR) is 59.5 cm³/mol. The van der Waals surface area contributed by atoms with Crippen molar-refractivity contribution < 1.29 is 9.84 Å². The van der Waals surface area contributed by atoms with Gasteiger partial charge in [0.15, 0.2) is 0 Å². The average Bonchev–Trinajstić information content (AvgIpc) is 2.28. The summed E-state index contributed by atoms with van der Waals surface area (Å²) in [5.41, 5.74) is 3.49. The van der Waals surface area contributed by atoms with E-state index in [1.807, 2.05) is 18.2 Å². The summed E-state index contributed by atoms with van der Waals surface area (Å²) >= 11 is 0. The van der Waals surface area contributed by atoms with Gasteiger partial charge in [0, 0.05) is 0 Å². The van der Waals surface area contributed by atoms with E-state index in [1.165, 1.54) is 11.1 Å². The number of aromatic hydroxyl groups is 1. The highest BCUT2D eigenvalue weighted by atomic mass is 16.5. The van der Waals surface area contributed by atoms with Crippen LogP contribution >= 0.6 is 0 Å². The fourth-order valence-electron chi connectivity index (χ4n) is 2.18. The summed E-state index contributed by atoms with van der Waals surface area (Å²) in [6.07, 6.45) is 7.37. The Balaban J connectivity index is 2.16. The van der Waals surface area contributed by atoms with Gasteiger partial charge in [0.1, 0.15) is 11.9 Å². The monoisotopic (exact) mass is 200 g/mol. The van der Waals surface area contributed by atoms with E-state index in [0.29, 0.717) is 5.75 Å². The Labute approximate surface area is 88.5 Å². The number of benzene rings is 1. The van der Waals surface area contributed by atoms with Gasteiger partial charge in [0.2, 0.25) is 0 Å². The van der Waals surface area contributed by atoms with Crippen LogP contribution in [0.5, 0.6) is 5.75 Å². The van der Waals surface area contributed by atoms with E-state index in [-0.39, 0.29) is 6.10 Å². The van der Waals surface area contributed by atoms with Crippen LogP contribution in [0.1, 0.15) is 17.5 Å². The quantitative estimate of drug-likeness (QED) is 0.697. The lowest BCUT2D eigenvalue weighted by Crippen LogP contribution is -2.19. The number of rotatable bonds is 0. The molecule has 1 N–H and O–H groups in total. The summed E-state index contributed by atoms with van der Waals surface area (Å²) in [5, 5.41) is 9.40. The Morgan fingerprint density at radius 1 is 1.33 bits per heavy atom. The SMILES string of the molecule is Oc1ccc2c(c1)C=CC1OCCC=C21. The number of phenolic OH excluding ortho intramolecular Hbond substituents is 1. The van der Waals surface area contributed by atoms with Gasteiger partial charge < -0.3 is 9.84 Å². The second-order valence-electron chi connectivity index (χ2n) is 3.87. The van der Waals surface area contributed by atoms with E-state index in [2.05, 4.69) is 6.08 Å². The maximum Gasteiger partial charge on any atom is 0.116 e. The van der Waals surface area contributed by atoms with Crippen LogP contribution in [0.3, 0.4) is 0 Å². The smallest absolute Gasteiger partial charge is 0.116 e. The van der Waals surface area contributed by atoms with Gasteiger partial charge in [-0.2, -0.15) is 0 Å². The highest BCUT2D eigenvalue weighted by molar-refractivity contribution is 5.83. The molecular weight excluding hydrogens is 188 g/mol. The fourth-order valence-corrected chi connectivity index (χ4v) is 2.18. The minimum absolute atomic E-state index is 0.107. The Hall–Kier alpha value is -1.54. The Bertz CT molecular complexity index is 458. The summed E-state index contributed by atoms with van der Waals surface area (Å²) in [4.78, 5) is 0. The van der Waals surface area contributed by atoms with Crippen LogP contribution in [-0.2, 0) is 4.74 Å². The van der Waals surface area contributed by atoms with Crippen molar-refractivity contribution in [3.05, 3.63) is 41.5 Å². The molecule has 3 rings (SSSR count). The molecular formula is C13H12O2. The first kappa shape index (κ1) is 8.74. The molecule has 1 aliphatic heterocycles. The molecule has 1 aromatic rings. The molecule has 0 spiro atoms. The third-order valence-electron chi connectivity index (χ3n) is 2.88. The highest BCUT2D eigenvalue weighted by Crippen LogP contribution is 2.34. The summed E-state index contributed by atoms with van der Waals surface area (Å²) in [6.45, 7) is 0.798. The lowest BCUT2D eigenvalue weighted by atomic mass is 9.88. The standard InChI is InChI=1S/C13H12O2/c14-10-4-5-11-9(8-10)3-6-13-12(11)2-1-7-15-13/h2-6,8,13-14H,1,7H2. The van der Waals surface area contributed by atoms with E-state index in [1.54, 1.807) is 12.1 Å². The molecule has 1 aromatic carbocycles. The van der Waals surface area contributed by atoms with Crippen LogP contribution in [0, 0.1) is 0 Å². The zero-order valence-electron chi connectivity index (χ0n) is 8.31. The normalized spacial score (nSPS) is 22.9. The number of phenols is 1. The first-order valence-electron chi connectivity index (χ1n) is 5.18. The maximum absolute atomic E-state index is 9.40. The molecule has 15 heavy (non-hydrogen) atoms. The molecule has 76 valence electrons. The molecule has 0 fully saturated rings. The number of hydrogen-bond acceptors (Lipinski definition) is 2. The van der Waals surface area contributed by atoms with Gasteiger partial charge in [0.25, 0.3) is 0 Å². The van der Waals surface area contributed by atoms with E-state index in [9.17, 15) is 5.11 Å². The molecule has 0 saturated carbocycles. The topological polar surface area (TPSA) is 29.5 Å². The minimum Gasteiger partial charge on any atom is -0.508 e. The third-order valence-corrected chi connectivity index (χ3v) is 2.88. The minimum atomic E-state index is 0.107. The molecule has 2 heteroatoms. The van der Waals surface area contributed by atoms with Gasteiger partial charge in [-0.05, 0) is 35.3 Å². The average molecular weight is 200 g/mol. The lowest BCUT2D eigenvalue weighted by molar-refractivity contribution is 0.117. The Morgan fingerprint density at radius 2 is 2.27 bits per heavy atom. The van der Waals surface area contributed by atoms with Crippen molar-refractivity contribution >= 4 is 11.6 Å². The molecule has 0 amide bonds. The molecule has 0 radical (unpaired) electrons. The predicted octanol–water partition coefficient (Wildman–Crippen LogP) is 2.59. The van der Waals surface area contributed by atoms with Crippen LogP contribution in [0.25, 0.3) is 11.6 Å². The Kier molecular flexibility index (Phi) is 1.89. The van der Waals surface area contributed by atoms with Crippen molar-refractivity contribution in [3.63, 3.8) is 0 Å². The molecule has 1 heterocycles. The molecule has 1 atom stereocenters. The lowest BCUT2D eigenvalue weighted by Gasteiger charge is -2.27. The molecule has 0 aromatic heterocycles. The number of fused-ring (bicyclic) bond motifs is 3. The summed E-state index contributed by atoms with van der Waals surface area (Å²) in [7, 11) is 0. The highest BCUT2D eigenvalue weighted by Gasteiger charge is 2.22. The third kappa shape index (κ3) is 1.38. The van der Waals surface area contributed by atoms with Gasteiger partial charge in [-0.3, -0.25) is 0 Å². The molecule has 2 nitrogen and oxygen atoms in total. The maximum atomic E-state index is 9.40. The number of ether oxygens (including phenoxy) is 1. The van der Waals surface area contributed by atoms with E-state index in [0.717, 1.165) is 18.6 Å². The van der Waals surface area contributed by atoms with Gasteiger partial charge in [-0.25, -0.2) is 0 Å². The van der Waals surface area contributed by atoms with E-state index in [4.69, 9.17) is 4.74 Å². The van der Waals surface area contributed by atoms with Gasteiger partial charge >= 0.3 is 0 Å². The van der Waals surface area contributed by atoms with Crippen molar-refractivity contribution in [3.8, 4) is 5.75 Å². The molecule has 0 saturated heterocycles. The largest absolute Gasteiger partial charge is 0.508 e. The van der Waals surface area contributed by atoms with E-state index < -0.39 is 0 Å². The summed E-state index contributed by atoms with van der Waals surface area (Å²) in [5.74, 6) is 0.314. The van der Waals surface area contributed by atoms with Crippen LogP contribution in [0.2, 0.25) is 0 Å². The molecule has 1 aliphatic carbocycles. The van der Waals surface area contributed by atoms with Crippen molar-refractivity contribution in [2.75, 3.05) is 6.61 Å². The van der Waals surface area contributed by atoms with Crippen molar-refractivity contribution in [1.29, 1.82) is 0 Å². The van der Waals surface area contributed by atoms with Gasteiger partial charge in [0.05, 0.1) is 6.61 Å². The summed E-state index contributed by atoms with van der Waals surface area (Å²) < 4.78 is 5.65. The fraction of sp³-hybridized carbons (Fsp3) is 0.231. The van der Waals surface area contributed by atoms with Crippen molar-refractivity contribution in [1.82, 2.24) is 0 Å². The zero-order chi connectivity index (χ0) is 10.3. The van der Waals surface area contributed by atoms with Crippen LogP contribution in [0.15, 0.2) is 30.4 Å². The van der Waals surface area contributed by atoms with E-state index >= 15 is 0 Å². The zero-order valence-corrected chi connectivity index (χ0v) is 8.31. The Morgan fingerprint density at radius 3 is 3.20 bits per heavy atom. The number of hydrogen-bond donors (Lipinski definition) is 1. The van der Waals surface area contributed by atoms with Crippen LogP contribution < -0.4 is 0 Å². The second kappa shape index (κ2) is 3.24. The van der Waals surface area contributed by atoms with Crippen molar-refractivity contribution in [2.24, 2.45) is 0 Å². The molecule has 1 unspecified atom stereocenters. The van der Waals surface area contributed by atoms with Crippen LogP contribution in [0.4, 0.5) is 0 Å². The summed E-state index contributed by atoms with van der Waals surface area (Å²) in [6, 6.07) is 5.48. The van der Waals surface area contributed by atoms with Crippen LogP contribution in [-0.4, -0.2) is 17.8 Å². The second-order valence-corrected chi connectivity index (χ2v) is 3.87.